The highest BCUT2D eigenvalue weighted by atomic mass is 16.3. The summed E-state index contributed by atoms with van der Waals surface area (Å²) in [6.07, 6.45) is 0. The number of amides is 1. The van der Waals surface area contributed by atoms with Crippen molar-refractivity contribution >= 4 is 11.6 Å². The molecule has 1 aliphatic rings. The fraction of sp³-hybridized carbons (Fsp3) is 0.235. The van der Waals surface area contributed by atoms with Crippen molar-refractivity contribution in [3.05, 3.63) is 59.7 Å². The summed E-state index contributed by atoms with van der Waals surface area (Å²) in [7, 11) is 1.82. The van der Waals surface area contributed by atoms with E-state index < -0.39 is 0 Å². The molecule has 0 bridgehead atoms. The molecule has 1 heterocycles. The maximum Gasteiger partial charge on any atom is 0.232 e. The number of benzene rings is 2. The minimum absolute atomic E-state index is 0.112. The van der Waals surface area contributed by atoms with Gasteiger partial charge in [0.15, 0.2) is 0 Å². The zero-order valence-corrected chi connectivity index (χ0v) is 11.9. The summed E-state index contributed by atoms with van der Waals surface area (Å²) in [5.74, 6) is 0.227. The van der Waals surface area contributed by atoms with Gasteiger partial charge in [0.05, 0.1) is 5.92 Å². The van der Waals surface area contributed by atoms with Gasteiger partial charge in [-0.1, -0.05) is 30.3 Å². The number of hydrogen-bond acceptors (Lipinski definition) is 3. The Labute approximate surface area is 124 Å². The van der Waals surface area contributed by atoms with Crippen LogP contribution in [0.25, 0.3) is 0 Å². The van der Waals surface area contributed by atoms with E-state index in [0.717, 1.165) is 16.8 Å². The van der Waals surface area contributed by atoms with Crippen molar-refractivity contribution in [2.75, 3.05) is 18.9 Å². The number of hydrogen-bond donors (Lipinski definition) is 2. The molecule has 108 valence electrons. The number of nitrogens with zero attached hydrogens (tertiary/aromatic N) is 1. The van der Waals surface area contributed by atoms with E-state index in [1.165, 1.54) is 0 Å². The molecule has 0 aliphatic carbocycles. The van der Waals surface area contributed by atoms with E-state index in [0.29, 0.717) is 13.1 Å². The van der Waals surface area contributed by atoms with Gasteiger partial charge in [-0.15, -0.1) is 0 Å². The Morgan fingerprint density at radius 2 is 1.95 bits per heavy atom. The molecule has 4 nitrogen and oxygen atoms in total. The van der Waals surface area contributed by atoms with Gasteiger partial charge in [0.2, 0.25) is 5.91 Å². The lowest BCUT2D eigenvalue weighted by molar-refractivity contribution is -0.131. The van der Waals surface area contributed by atoms with Gasteiger partial charge >= 0.3 is 0 Å². The van der Waals surface area contributed by atoms with E-state index in [9.17, 15) is 9.90 Å². The Morgan fingerprint density at radius 3 is 2.71 bits per heavy atom. The molecule has 2 aromatic carbocycles. The number of nitrogens with one attached hydrogen (secondary N) is 1. The Morgan fingerprint density at radius 1 is 1.24 bits per heavy atom. The third-order valence-electron chi connectivity index (χ3n) is 3.86. The first-order chi connectivity index (χ1) is 10.1. The lowest BCUT2D eigenvalue weighted by atomic mass is 10.00. The van der Waals surface area contributed by atoms with Gasteiger partial charge in [-0.25, -0.2) is 0 Å². The monoisotopic (exact) mass is 282 g/mol. The van der Waals surface area contributed by atoms with Crippen LogP contribution >= 0.6 is 0 Å². The van der Waals surface area contributed by atoms with Gasteiger partial charge < -0.3 is 15.3 Å². The molecule has 0 aromatic heterocycles. The largest absolute Gasteiger partial charge is 0.508 e. The number of para-hydroxylation sites is 1. The van der Waals surface area contributed by atoms with Crippen LogP contribution in [0.2, 0.25) is 0 Å². The number of carbonyl (C=O) groups excluding carboxylic acids is 1. The quantitative estimate of drug-likeness (QED) is 0.909. The first-order valence-corrected chi connectivity index (χ1v) is 7.01. The number of fused-ring (bicyclic) bond motifs is 1. The van der Waals surface area contributed by atoms with E-state index in [2.05, 4.69) is 5.32 Å². The van der Waals surface area contributed by atoms with E-state index in [1.54, 1.807) is 17.0 Å². The Bertz CT molecular complexity index is 652. The summed E-state index contributed by atoms with van der Waals surface area (Å²) < 4.78 is 0. The molecular weight excluding hydrogens is 264 g/mol. The summed E-state index contributed by atoms with van der Waals surface area (Å²) in [5, 5.41) is 12.6. The minimum atomic E-state index is -0.122. The summed E-state index contributed by atoms with van der Waals surface area (Å²) in [6, 6.07) is 14.9. The third-order valence-corrected chi connectivity index (χ3v) is 3.86. The predicted molar refractivity (Wildman–Crippen MR) is 82.3 cm³/mol. The number of likely N-dealkylation sites (N-methyl/N-ethyl adjacent to an activating group) is 1. The lowest BCUT2D eigenvalue weighted by Crippen LogP contribution is -2.32. The van der Waals surface area contributed by atoms with Gasteiger partial charge in [0, 0.05) is 25.8 Å². The molecule has 0 saturated carbocycles. The number of phenolic OH excluding ortho intramolecular Hbond substituents is 1. The van der Waals surface area contributed by atoms with Crippen LogP contribution in [0.1, 0.15) is 17.0 Å². The molecule has 1 atom stereocenters. The summed E-state index contributed by atoms with van der Waals surface area (Å²) in [5.41, 5.74) is 3.12. The van der Waals surface area contributed by atoms with Crippen molar-refractivity contribution in [1.29, 1.82) is 0 Å². The Hall–Kier alpha value is -2.49. The number of anilines is 1. The van der Waals surface area contributed by atoms with Crippen molar-refractivity contribution in [3.63, 3.8) is 0 Å². The average molecular weight is 282 g/mol. The second-order valence-corrected chi connectivity index (χ2v) is 5.38. The van der Waals surface area contributed by atoms with Crippen LogP contribution in [0.4, 0.5) is 5.69 Å². The molecule has 1 amide bonds. The third kappa shape index (κ3) is 2.70. The first kappa shape index (κ1) is 13.5. The number of phenols is 1. The van der Waals surface area contributed by atoms with E-state index >= 15 is 0 Å². The van der Waals surface area contributed by atoms with E-state index in [1.807, 2.05) is 43.4 Å². The van der Waals surface area contributed by atoms with Crippen molar-refractivity contribution in [1.82, 2.24) is 4.90 Å². The maximum absolute atomic E-state index is 12.6. The van der Waals surface area contributed by atoms with Crippen LogP contribution in [-0.4, -0.2) is 29.5 Å². The lowest BCUT2D eigenvalue weighted by Gasteiger charge is -2.21. The highest BCUT2D eigenvalue weighted by molar-refractivity contribution is 5.88. The topological polar surface area (TPSA) is 52.6 Å². The zero-order valence-electron chi connectivity index (χ0n) is 11.9. The van der Waals surface area contributed by atoms with Crippen molar-refractivity contribution in [3.8, 4) is 5.75 Å². The molecule has 0 radical (unpaired) electrons. The van der Waals surface area contributed by atoms with Crippen LogP contribution in [-0.2, 0) is 11.3 Å². The Kier molecular flexibility index (Phi) is 3.52. The van der Waals surface area contributed by atoms with Crippen molar-refractivity contribution in [2.24, 2.45) is 0 Å². The first-order valence-electron chi connectivity index (χ1n) is 7.01. The molecule has 21 heavy (non-hydrogen) atoms. The standard InChI is InChI=1S/C17H18N2O2/c1-19(11-12-6-8-13(20)9-7-12)17(21)15-10-18-16-5-3-2-4-14(15)16/h2-9,15,18,20H,10-11H2,1H3. The molecule has 2 aromatic rings. The van der Waals surface area contributed by atoms with Crippen LogP contribution in [0.3, 0.4) is 0 Å². The smallest absolute Gasteiger partial charge is 0.232 e. The average Bonchev–Trinajstić information content (AvgIpc) is 2.92. The minimum Gasteiger partial charge on any atom is -0.508 e. The predicted octanol–water partition coefficient (Wildman–Crippen LogP) is 2.56. The number of aromatic hydroxyl groups is 1. The second-order valence-electron chi connectivity index (χ2n) is 5.38. The summed E-state index contributed by atoms with van der Waals surface area (Å²) in [4.78, 5) is 14.4. The van der Waals surface area contributed by atoms with Crippen LogP contribution in [0.15, 0.2) is 48.5 Å². The highest BCUT2D eigenvalue weighted by Gasteiger charge is 2.30. The van der Waals surface area contributed by atoms with Crippen molar-refractivity contribution in [2.45, 2.75) is 12.5 Å². The van der Waals surface area contributed by atoms with Gasteiger partial charge in [0.1, 0.15) is 5.75 Å². The number of rotatable bonds is 3. The summed E-state index contributed by atoms with van der Waals surface area (Å²) in [6.45, 7) is 1.19. The Balaban J connectivity index is 1.72. The fourth-order valence-electron chi connectivity index (χ4n) is 2.72. The molecule has 0 saturated heterocycles. The van der Waals surface area contributed by atoms with E-state index in [-0.39, 0.29) is 17.6 Å². The van der Waals surface area contributed by atoms with Crippen molar-refractivity contribution < 1.29 is 9.90 Å². The number of carbonyl (C=O) groups is 1. The fourth-order valence-corrected chi connectivity index (χ4v) is 2.72. The summed E-state index contributed by atoms with van der Waals surface area (Å²) >= 11 is 0. The van der Waals surface area contributed by atoms with Gasteiger partial charge in [0.25, 0.3) is 0 Å². The van der Waals surface area contributed by atoms with Gasteiger partial charge in [-0.05, 0) is 29.3 Å². The SMILES string of the molecule is CN(Cc1ccc(O)cc1)C(=O)C1CNc2ccccc21. The van der Waals surface area contributed by atoms with Crippen LogP contribution in [0, 0.1) is 0 Å². The normalized spacial score (nSPS) is 16.1. The molecule has 0 spiro atoms. The van der Waals surface area contributed by atoms with Crippen LogP contribution in [0.5, 0.6) is 5.75 Å². The van der Waals surface area contributed by atoms with Crippen LogP contribution < -0.4 is 5.32 Å². The molecule has 1 aliphatic heterocycles. The molecule has 0 fully saturated rings. The van der Waals surface area contributed by atoms with E-state index in [4.69, 9.17) is 0 Å². The molecule has 4 heteroatoms. The van der Waals surface area contributed by atoms with Gasteiger partial charge in [-0.3, -0.25) is 4.79 Å². The molecular formula is C17H18N2O2. The van der Waals surface area contributed by atoms with Gasteiger partial charge in [-0.2, -0.15) is 0 Å². The zero-order chi connectivity index (χ0) is 14.8. The molecule has 3 rings (SSSR count). The highest BCUT2D eigenvalue weighted by Crippen LogP contribution is 2.32. The molecule has 2 N–H and O–H groups in total. The maximum atomic E-state index is 12.6. The molecule has 1 unspecified atom stereocenters. The second kappa shape index (κ2) is 5.48.